The number of carbonyl (C=O) groups is 2. The van der Waals surface area contributed by atoms with Crippen molar-refractivity contribution in [3.8, 4) is 0 Å². The lowest BCUT2D eigenvalue weighted by Crippen LogP contribution is -2.47. The third kappa shape index (κ3) is 3.20. The average molecular weight is 353 g/mol. The number of esters is 2. The first-order valence-corrected chi connectivity index (χ1v) is 8.93. The van der Waals surface area contributed by atoms with Crippen LogP contribution in [-0.2, 0) is 19.1 Å². The van der Waals surface area contributed by atoms with Crippen LogP contribution in [-0.4, -0.2) is 70.6 Å². The molecule has 0 radical (unpaired) electrons. The van der Waals surface area contributed by atoms with Crippen molar-refractivity contribution in [2.24, 2.45) is 11.8 Å². The number of aliphatic hydroxyl groups is 2. The first-order valence-electron chi connectivity index (χ1n) is 8.93. The molecule has 0 spiro atoms. The normalized spacial score (nSPS) is 44.7. The van der Waals surface area contributed by atoms with Gasteiger partial charge < -0.3 is 19.7 Å². The molecule has 2 N–H and O–H groups in total. The second kappa shape index (κ2) is 6.70. The molecule has 3 heterocycles. The summed E-state index contributed by atoms with van der Waals surface area (Å²) in [6.45, 7) is 6.07. The molecular weight excluding hydrogens is 326 g/mol. The molecule has 7 nitrogen and oxygen atoms in total. The lowest BCUT2D eigenvalue weighted by Gasteiger charge is -2.32. The maximum absolute atomic E-state index is 12.6. The molecule has 0 aromatic rings. The standard InChI is InChI=1S/C18H27NO6/c1-4-11-7-10(2)18(3,23)17(22)24-9-12-13(20)8-19-6-5-14(15(12)19)25-16(11)21/h4,10,12-15,20,23H,5-9H2,1-3H3/b11-4-. The molecule has 6 atom stereocenters. The van der Waals surface area contributed by atoms with E-state index in [1.165, 1.54) is 6.92 Å². The Labute approximate surface area is 147 Å². The lowest BCUT2D eigenvalue weighted by molar-refractivity contribution is -0.173. The highest BCUT2D eigenvalue weighted by molar-refractivity contribution is 5.89. The summed E-state index contributed by atoms with van der Waals surface area (Å²) < 4.78 is 11.1. The van der Waals surface area contributed by atoms with Gasteiger partial charge in [0.25, 0.3) is 0 Å². The van der Waals surface area contributed by atoms with Gasteiger partial charge in [-0.2, -0.15) is 0 Å². The van der Waals surface area contributed by atoms with Crippen molar-refractivity contribution in [1.29, 1.82) is 0 Å². The molecule has 3 saturated heterocycles. The number of allylic oxidation sites excluding steroid dienone is 1. The zero-order valence-corrected chi connectivity index (χ0v) is 15.0. The van der Waals surface area contributed by atoms with Gasteiger partial charge in [0.1, 0.15) is 6.10 Å². The molecule has 0 saturated carbocycles. The molecule has 3 aliphatic heterocycles. The fraction of sp³-hybridized carbons (Fsp3) is 0.778. The second-order valence-corrected chi connectivity index (χ2v) is 7.61. The van der Waals surface area contributed by atoms with Gasteiger partial charge in [0.2, 0.25) is 0 Å². The Morgan fingerprint density at radius 2 is 2.08 bits per heavy atom. The molecule has 0 aromatic carbocycles. The van der Waals surface area contributed by atoms with Crippen molar-refractivity contribution in [2.45, 2.75) is 57.5 Å². The Hall–Kier alpha value is -1.44. The molecule has 3 rings (SSSR count). The van der Waals surface area contributed by atoms with Gasteiger partial charge in [0.15, 0.2) is 5.60 Å². The van der Waals surface area contributed by atoms with E-state index < -0.39 is 29.6 Å². The zero-order chi connectivity index (χ0) is 18.4. The summed E-state index contributed by atoms with van der Waals surface area (Å²) >= 11 is 0. The number of ether oxygens (including phenoxy) is 2. The monoisotopic (exact) mass is 353 g/mol. The van der Waals surface area contributed by atoms with Crippen LogP contribution in [0.25, 0.3) is 0 Å². The van der Waals surface area contributed by atoms with E-state index in [1.807, 2.05) is 0 Å². The average Bonchev–Trinajstić information content (AvgIpc) is 3.08. The third-order valence-electron chi connectivity index (χ3n) is 6.03. The lowest BCUT2D eigenvalue weighted by atomic mass is 9.85. The SMILES string of the molecule is C/C=C1/CC(C)C(C)(O)C(=O)OCC2C(O)CN3CCC(OC1=O)C23. The molecular formula is C18H27NO6. The Balaban J connectivity index is 1.91. The summed E-state index contributed by atoms with van der Waals surface area (Å²) in [6, 6.07) is -0.161. The van der Waals surface area contributed by atoms with Gasteiger partial charge >= 0.3 is 11.9 Å². The summed E-state index contributed by atoms with van der Waals surface area (Å²) in [5.41, 5.74) is -1.28. The van der Waals surface area contributed by atoms with E-state index in [9.17, 15) is 19.8 Å². The summed E-state index contributed by atoms with van der Waals surface area (Å²) in [5.74, 6) is -1.97. The molecule has 6 unspecified atom stereocenters. The summed E-state index contributed by atoms with van der Waals surface area (Å²) in [6.07, 6.45) is 1.63. The molecule has 0 bridgehead atoms. The van der Waals surface area contributed by atoms with E-state index in [0.29, 0.717) is 18.5 Å². The summed E-state index contributed by atoms with van der Waals surface area (Å²) in [7, 11) is 0. The van der Waals surface area contributed by atoms with Gasteiger partial charge in [0, 0.05) is 24.6 Å². The molecule has 7 heteroatoms. The zero-order valence-electron chi connectivity index (χ0n) is 15.0. The van der Waals surface area contributed by atoms with Crippen molar-refractivity contribution >= 4 is 11.9 Å². The van der Waals surface area contributed by atoms with Crippen molar-refractivity contribution in [3.63, 3.8) is 0 Å². The van der Waals surface area contributed by atoms with Crippen molar-refractivity contribution in [2.75, 3.05) is 19.7 Å². The van der Waals surface area contributed by atoms with Gasteiger partial charge in [-0.1, -0.05) is 13.0 Å². The summed E-state index contributed by atoms with van der Waals surface area (Å²) in [4.78, 5) is 27.1. The molecule has 0 aliphatic carbocycles. The molecule has 3 aliphatic rings. The van der Waals surface area contributed by atoms with Crippen molar-refractivity contribution < 1.29 is 29.3 Å². The third-order valence-corrected chi connectivity index (χ3v) is 6.03. The minimum absolute atomic E-state index is 0.00849. The first kappa shape index (κ1) is 18.4. The van der Waals surface area contributed by atoms with E-state index in [0.717, 1.165) is 6.54 Å². The van der Waals surface area contributed by atoms with E-state index in [-0.39, 0.29) is 31.1 Å². The number of cyclic esters (lactones) is 1. The molecule has 0 aromatic heterocycles. The molecule has 140 valence electrons. The van der Waals surface area contributed by atoms with Crippen LogP contribution in [0.3, 0.4) is 0 Å². The van der Waals surface area contributed by atoms with Crippen LogP contribution >= 0.6 is 0 Å². The minimum atomic E-state index is -1.72. The topological polar surface area (TPSA) is 96.3 Å². The van der Waals surface area contributed by atoms with E-state index in [1.54, 1.807) is 19.9 Å². The van der Waals surface area contributed by atoms with Crippen LogP contribution in [0.1, 0.15) is 33.6 Å². The quantitative estimate of drug-likeness (QED) is 0.476. The van der Waals surface area contributed by atoms with Gasteiger partial charge in [0.05, 0.1) is 18.8 Å². The Bertz CT molecular complexity index is 586. The van der Waals surface area contributed by atoms with Gasteiger partial charge in [-0.05, 0) is 32.6 Å². The van der Waals surface area contributed by atoms with Crippen LogP contribution < -0.4 is 0 Å². The Kier molecular flexibility index (Phi) is 4.92. The number of hydrogen-bond donors (Lipinski definition) is 2. The van der Waals surface area contributed by atoms with Crippen molar-refractivity contribution in [1.82, 2.24) is 4.90 Å². The molecule has 25 heavy (non-hydrogen) atoms. The predicted molar refractivity (Wildman–Crippen MR) is 88.5 cm³/mol. The van der Waals surface area contributed by atoms with Gasteiger partial charge in [-0.25, -0.2) is 9.59 Å². The van der Waals surface area contributed by atoms with Crippen LogP contribution in [0.15, 0.2) is 11.6 Å². The van der Waals surface area contributed by atoms with Gasteiger partial charge in [-0.3, -0.25) is 4.90 Å². The fourth-order valence-corrected chi connectivity index (χ4v) is 4.13. The first-order chi connectivity index (χ1) is 11.8. The maximum atomic E-state index is 12.6. The number of nitrogens with zero attached hydrogens (tertiary/aromatic N) is 1. The fourth-order valence-electron chi connectivity index (χ4n) is 4.13. The minimum Gasteiger partial charge on any atom is -0.463 e. The maximum Gasteiger partial charge on any atom is 0.338 e. The van der Waals surface area contributed by atoms with Crippen molar-refractivity contribution in [3.05, 3.63) is 11.6 Å². The second-order valence-electron chi connectivity index (χ2n) is 7.61. The number of carbonyl (C=O) groups excluding carboxylic acids is 2. The van der Waals surface area contributed by atoms with Gasteiger partial charge in [-0.15, -0.1) is 0 Å². The summed E-state index contributed by atoms with van der Waals surface area (Å²) in [5, 5.41) is 20.9. The van der Waals surface area contributed by atoms with E-state index in [2.05, 4.69) is 4.90 Å². The van der Waals surface area contributed by atoms with E-state index >= 15 is 0 Å². The van der Waals surface area contributed by atoms with E-state index in [4.69, 9.17) is 9.47 Å². The Morgan fingerprint density at radius 3 is 2.76 bits per heavy atom. The Morgan fingerprint density at radius 1 is 1.36 bits per heavy atom. The number of hydrogen-bond acceptors (Lipinski definition) is 7. The molecule has 0 amide bonds. The number of rotatable bonds is 0. The predicted octanol–water partition coefficient (Wildman–Crippen LogP) is 0.244. The highest BCUT2D eigenvalue weighted by atomic mass is 16.6. The van der Waals surface area contributed by atoms with Crippen LogP contribution in [0.4, 0.5) is 0 Å². The smallest absolute Gasteiger partial charge is 0.338 e. The van der Waals surface area contributed by atoms with Crippen LogP contribution in [0.2, 0.25) is 0 Å². The largest absolute Gasteiger partial charge is 0.463 e. The highest BCUT2D eigenvalue weighted by Crippen LogP contribution is 2.37. The number of aliphatic hydroxyl groups excluding tert-OH is 1. The van der Waals surface area contributed by atoms with Crippen LogP contribution in [0, 0.1) is 11.8 Å². The molecule has 3 fully saturated rings. The highest BCUT2D eigenvalue weighted by Gasteiger charge is 2.51. The van der Waals surface area contributed by atoms with Crippen LogP contribution in [0.5, 0.6) is 0 Å².